The van der Waals surface area contributed by atoms with Crippen LogP contribution in [0.4, 0.5) is 0 Å². The van der Waals surface area contributed by atoms with E-state index in [9.17, 15) is 0 Å². The lowest BCUT2D eigenvalue weighted by molar-refractivity contribution is 0.734. The molecule has 0 aromatic heterocycles. The van der Waals surface area contributed by atoms with Gasteiger partial charge in [0.15, 0.2) is 0 Å². The summed E-state index contributed by atoms with van der Waals surface area (Å²) >= 11 is 0. The minimum absolute atomic E-state index is 2.50. The van der Waals surface area contributed by atoms with Crippen molar-refractivity contribution in [3.05, 3.63) is 0 Å². The Hall–Kier alpha value is -4.60. The van der Waals surface area contributed by atoms with Crippen LogP contribution in [0.3, 0.4) is 0 Å². The van der Waals surface area contributed by atoms with Crippen molar-refractivity contribution in [2.75, 3.05) is 0 Å². The Kier molecular flexibility index (Phi) is 12.4. The maximum absolute atomic E-state index is 6.21. The van der Waals surface area contributed by atoms with Crippen molar-refractivity contribution >= 4 is 0 Å². The van der Waals surface area contributed by atoms with Crippen molar-refractivity contribution < 1.29 is 1.41 Å². The molecule has 23 heteroatoms. The molecule has 0 aliphatic heterocycles. The van der Waals surface area contributed by atoms with Crippen molar-refractivity contribution in [2.45, 2.75) is 0 Å². The minimum atomic E-state index is 2.50. The van der Waals surface area contributed by atoms with Crippen LogP contribution in [0.15, 0.2) is 110 Å². The largest absolute Gasteiger partial charge is 0.303 e. The number of nitrogens with two attached hydrogens (primary N) is 1. The van der Waals surface area contributed by atoms with Crippen LogP contribution >= 0.6 is 0 Å². The zero-order valence-corrected chi connectivity index (χ0v) is 10.4. The highest BCUT2D eigenvalue weighted by Crippen LogP contribution is 1.89. The fourth-order valence-electron chi connectivity index (χ4n) is 0.345. The van der Waals surface area contributed by atoms with E-state index in [4.69, 9.17) is 1.41 Å². The van der Waals surface area contributed by atoms with Crippen molar-refractivity contribution in [2.24, 2.45) is 116 Å². The summed E-state index contributed by atoms with van der Waals surface area (Å²) < 4.78 is 6.21. The molecule has 0 aliphatic rings. The number of nitrogens with zero attached hydrogens (tertiary/aromatic N) is 21. The number of hydrogen-bond donors (Lipinski definition) is 2. The van der Waals surface area contributed by atoms with Crippen LogP contribution in [0.5, 0.6) is 0 Å². The van der Waals surface area contributed by atoms with Crippen molar-refractivity contribution in [3.63, 3.8) is 0 Å². The van der Waals surface area contributed by atoms with Crippen LogP contribution in [0.25, 0.3) is 0 Å². The van der Waals surface area contributed by atoms with Gasteiger partial charge >= 0.3 is 0 Å². The summed E-state index contributed by atoms with van der Waals surface area (Å²) in [5.74, 6) is 4.60. The normalized spacial score (nSPS) is 15.6. The highest BCUT2D eigenvalue weighted by atomic mass is 15.7. The van der Waals surface area contributed by atoms with E-state index in [-0.39, 0.29) is 0 Å². The Morgan fingerprint density at radius 1 is 0.435 bits per heavy atom. The van der Waals surface area contributed by atoms with E-state index in [1.807, 2.05) is 0 Å². The molecule has 0 saturated carbocycles. The number of nitrogens with one attached hydrogen (secondary N) is 1. The zero-order valence-electron chi connectivity index (χ0n) is 11.4. The zero-order chi connectivity index (χ0) is 17.6. The first-order valence-electron chi connectivity index (χ1n) is 4.91. The van der Waals surface area contributed by atoms with Crippen LogP contribution in [0.1, 0.15) is 0 Å². The molecule has 0 fully saturated rings. The van der Waals surface area contributed by atoms with Gasteiger partial charge in [-0.1, -0.05) is 5.22 Å². The number of hydrogen-bond acceptors (Lipinski definition) is 2. The van der Waals surface area contributed by atoms with Gasteiger partial charge < -0.3 is 5.84 Å². The molecule has 0 rings (SSSR count). The Balaban J connectivity index is 3.90. The molecule has 0 heterocycles. The smallest absolute Gasteiger partial charge is 0.216 e. The summed E-state index contributed by atoms with van der Waals surface area (Å²) in [5, 5.41) is 61.7. The maximum Gasteiger partial charge on any atom is 0.216 e. The molecule has 0 aliphatic carbocycles. The van der Waals surface area contributed by atoms with Crippen molar-refractivity contribution in [3.8, 4) is 0 Å². The second-order valence-electron chi connectivity index (χ2n) is 1.90. The molecule has 0 saturated heterocycles. The molecule has 3 N–H and O–H groups in total. The van der Waals surface area contributed by atoms with Crippen LogP contribution in [-0.2, 0) is 0 Å². The van der Waals surface area contributed by atoms with Crippen molar-refractivity contribution in [1.29, 1.82) is 5.52 Å². The summed E-state index contributed by atoms with van der Waals surface area (Å²) in [5.41, 5.74) is 2.50. The summed E-state index contributed by atoms with van der Waals surface area (Å²) in [4.78, 5) is 0. The third-order valence-electron chi connectivity index (χ3n) is 0.812. The molecule has 0 aromatic carbocycles. The molecular formula is H3N23. The van der Waals surface area contributed by atoms with E-state index in [1.165, 1.54) is 0 Å². The van der Waals surface area contributed by atoms with Gasteiger partial charge in [0, 0.05) is 26.1 Å². The fourth-order valence-corrected chi connectivity index (χ4v) is 0.345. The van der Waals surface area contributed by atoms with Crippen molar-refractivity contribution in [1.82, 2.24) is 0 Å². The molecule has 0 aromatic rings. The second kappa shape index (κ2) is 17.4. The van der Waals surface area contributed by atoms with E-state index >= 15 is 0 Å². The monoisotopic (exact) mass is 326 g/mol. The quantitative estimate of drug-likeness (QED) is 0.339. The lowest BCUT2D eigenvalue weighted by atomic mass is 12.3. The molecule has 0 bridgehead atoms. The van der Waals surface area contributed by atoms with E-state index in [0.29, 0.717) is 0 Å². The first kappa shape index (κ1) is 16.5. The average Bonchev–Trinajstić information content (AvgIpc) is 2.60. The van der Waals surface area contributed by atoms with Crippen LogP contribution in [0.2, 0.25) is 1.41 Å². The van der Waals surface area contributed by atoms with Crippen LogP contribution in [0, 0.1) is 5.52 Å². The predicted molar refractivity (Wildman–Crippen MR) is 57.9 cm³/mol. The first-order valence-corrected chi connectivity index (χ1v) is 4.46. The summed E-state index contributed by atoms with van der Waals surface area (Å²) in [7, 11) is 0. The van der Waals surface area contributed by atoms with Gasteiger partial charge in [-0.3, -0.25) is 0 Å². The van der Waals surface area contributed by atoms with Gasteiger partial charge in [-0.2, -0.15) is 5.52 Å². The lowest BCUT2D eigenvalue weighted by Gasteiger charge is -1.69. The molecule has 0 atom stereocenters. The van der Waals surface area contributed by atoms with Gasteiger partial charge in [-0.25, -0.2) is 0 Å². The van der Waals surface area contributed by atoms with Gasteiger partial charge in [0.1, 0.15) is 0 Å². The highest BCUT2D eigenvalue weighted by molar-refractivity contribution is 4.14. The Morgan fingerprint density at radius 3 is 0.957 bits per heavy atom. The summed E-state index contributed by atoms with van der Waals surface area (Å²) in [6.07, 6.45) is 0. The fraction of sp³-hybridized carbons (Fsp3) is 0. The third kappa shape index (κ3) is 17.4. The first-order chi connectivity index (χ1) is 11.9. The molecule has 0 amide bonds. The van der Waals surface area contributed by atoms with E-state index in [0.717, 1.165) is 0 Å². The van der Waals surface area contributed by atoms with Gasteiger partial charge in [-0.05, 0) is 78.3 Å². The summed E-state index contributed by atoms with van der Waals surface area (Å²) in [6, 6.07) is 0. The average molecular weight is 326 g/mol. The molecule has 0 spiro atoms. The van der Waals surface area contributed by atoms with Crippen LogP contribution in [-0.4, -0.2) is 0 Å². The Morgan fingerprint density at radius 2 is 0.696 bits per heavy atom. The second-order valence-corrected chi connectivity index (χ2v) is 1.90. The van der Waals surface area contributed by atoms with Gasteiger partial charge in [0.2, 0.25) is 1.41 Å². The highest BCUT2D eigenvalue weighted by Gasteiger charge is 1.71. The Bertz CT molecular complexity index is 544. The molecule has 0 unspecified atom stereocenters. The molecule has 0 radical (unpaired) electrons. The van der Waals surface area contributed by atoms with E-state index in [1.54, 1.807) is 0 Å². The molecule has 118 valence electrons. The van der Waals surface area contributed by atoms with Gasteiger partial charge in [0.05, 0.1) is 0 Å². The standard InChI is InChI=1S/H3N23/c1-3-5-7-9-11-13-15-17-19-21-23-22-20-18-16-14-12-10-8-6-4-2/h(H3,1,2,5,6,9,10,13,14,17,18,21,22)/i/hD. The SMILES string of the molecule is [2H]N=N/N=N/N=N/N=N/N=N/N=N/N=N/N=N/N=N/N=N/N=N/N. The Labute approximate surface area is 124 Å². The van der Waals surface area contributed by atoms with Gasteiger partial charge in [0.25, 0.3) is 0 Å². The topological polar surface area (TPSA) is 309 Å². The summed E-state index contributed by atoms with van der Waals surface area (Å²) in [6.45, 7) is 0. The van der Waals surface area contributed by atoms with Gasteiger partial charge in [-0.15, -0.1) is 0 Å². The molecule has 23 heavy (non-hydrogen) atoms. The molecular weight excluding hydrogens is 322 g/mol. The third-order valence-corrected chi connectivity index (χ3v) is 0.812. The van der Waals surface area contributed by atoms with E-state index in [2.05, 4.69) is 121 Å². The number of rotatable bonds is 10. The predicted octanol–water partition coefficient (Wildman–Crippen LogP) is 3.56. The molecule has 23 nitrogen and oxygen atoms in total. The minimum Gasteiger partial charge on any atom is -0.303 e. The maximum atomic E-state index is 6.21. The lowest BCUT2D eigenvalue weighted by Crippen LogP contribution is -1.70. The van der Waals surface area contributed by atoms with E-state index < -0.39 is 0 Å². The van der Waals surface area contributed by atoms with Crippen LogP contribution < -0.4 is 5.84 Å².